The Bertz CT molecular complexity index is 324. The SMILES string of the molecule is CC1CCCN(C(=O)CC(=O)NC2CCCCC2)C1. The molecule has 1 unspecified atom stereocenters. The molecule has 1 saturated heterocycles. The van der Waals surface area contributed by atoms with Crippen molar-refractivity contribution < 1.29 is 9.59 Å². The molecule has 0 spiro atoms. The lowest BCUT2D eigenvalue weighted by atomic mass is 9.95. The van der Waals surface area contributed by atoms with E-state index in [0.29, 0.717) is 12.0 Å². The zero-order chi connectivity index (χ0) is 13.7. The predicted octanol–water partition coefficient (Wildman–Crippen LogP) is 2.08. The van der Waals surface area contributed by atoms with Crippen molar-refractivity contribution in [1.82, 2.24) is 10.2 Å². The molecule has 1 N–H and O–H groups in total. The quantitative estimate of drug-likeness (QED) is 0.795. The van der Waals surface area contributed by atoms with Crippen molar-refractivity contribution in [3.63, 3.8) is 0 Å². The van der Waals surface area contributed by atoms with Crippen LogP contribution in [0.15, 0.2) is 0 Å². The Kier molecular flexibility index (Phi) is 5.23. The molecular formula is C15H26N2O2. The minimum Gasteiger partial charge on any atom is -0.353 e. The van der Waals surface area contributed by atoms with Crippen molar-refractivity contribution in [2.24, 2.45) is 5.92 Å². The summed E-state index contributed by atoms with van der Waals surface area (Å²) < 4.78 is 0. The summed E-state index contributed by atoms with van der Waals surface area (Å²) in [6.07, 6.45) is 8.10. The number of rotatable bonds is 3. The van der Waals surface area contributed by atoms with Gasteiger partial charge in [-0.1, -0.05) is 26.2 Å². The summed E-state index contributed by atoms with van der Waals surface area (Å²) >= 11 is 0. The number of carbonyl (C=O) groups excluding carboxylic acids is 2. The van der Waals surface area contributed by atoms with Gasteiger partial charge in [0.1, 0.15) is 6.42 Å². The zero-order valence-corrected chi connectivity index (χ0v) is 12.0. The highest BCUT2D eigenvalue weighted by Gasteiger charge is 2.23. The molecule has 1 saturated carbocycles. The first-order valence-corrected chi connectivity index (χ1v) is 7.72. The normalized spacial score (nSPS) is 25.1. The van der Waals surface area contributed by atoms with Crippen LogP contribution in [0.25, 0.3) is 0 Å². The summed E-state index contributed by atoms with van der Waals surface area (Å²) in [4.78, 5) is 25.8. The Morgan fingerprint density at radius 2 is 1.84 bits per heavy atom. The third-order valence-corrected chi connectivity index (χ3v) is 4.29. The van der Waals surface area contributed by atoms with Crippen molar-refractivity contribution in [2.45, 2.75) is 64.3 Å². The van der Waals surface area contributed by atoms with Crippen LogP contribution in [0.4, 0.5) is 0 Å². The zero-order valence-electron chi connectivity index (χ0n) is 12.0. The van der Waals surface area contributed by atoms with Gasteiger partial charge in [0.25, 0.3) is 0 Å². The van der Waals surface area contributed by atoms with Crippen LogP contribution < -0.4 is 5.32 Å². The van der Waals surface area contributed by atoms with Crippen LogP contribution in [0.5, 0.6) is 0 Å². The van der Waals surface area contributed by atoms with E-state index < -0.39 is 0 Å². The molecule has 2 aliphatic rings. The maximum atomic E-state index is 12.1. The first-order chi connectivity index (χ1) is 9.15. The molecule has 1 atom stereocenters. The molecule has 4 nitrogen and oxygen atoms in total. The summed E-state index contributed by atoms with van der Waals surface area (Å²) in [6.45, 7) is 3.80. The van der Waals surface area contributed by atoms with E-state index in [1.165, 1.54) is 25.7 Å². The second-order valence-corrected chi connectivity index (χ2v) is 6.17. The highest BCUT2D eigenvalue weighted by atomic mass is 16.2. The second kappa shape index (κ2) is 6.92. The summed E-state index contributed by atoms with van der Waals surface area (Å²) in [7, 11) is 0. The Balaban J connectivity index is 1.73. The monoisotopic (exact) mass is 266 g/mol. The molecule has 108 valence electrons. The summed E-state index contributed by atoms with van der Waals surface area (Å²) in [5.41, 5.74) is 0. The molecule has 2 amide bonds. The molecule has 1 heterocycles. The van der Waals surface area contributed by atoms with Crippen molar-refractivity contribution in [3.05, 3.63) is 0 Å². The van der Waals surface area contributed by atoms with Crippen LogP contribution in [-0.2, 0) is 9.59 Å². The Labute approximate surface area is 115 Å². The number of amides is 2. The van der Waals surface area contributed by atoms with Crippen molar-refractivity contribution in [1.29, 1.82) is 0 Å². The van der Waals surface area contributed by atoms with Crippen LogP contribution >= 0.6 is 0 Å². The fourth-order valence-electron chi connectivity index (χ4n) is 3.19. The third-order valence-electron chi connectivity index (χ3n) is 4.29. The molecule has 0 aromatic carbocycles. The van der Waals surface area contributed by atoms with Gasteiger partial charge in [-0.25, -0.2) is 0 Å². The highest BCUT2D eigenvalue weighted by molar-refractivity contribution is 5.97. The van der Waals surface area contributed by atoms with Gasteiger partial charge in [-0.2, -0.15) is 0 Å². The lowest BCUT2D eigenvalue weighted by molar-refractivity contribution is -0.137. The van der Waals surface area contributed by atoms with E-state index >= 15 is 0 Å². The summed E-state index contributed by atoms with van der Waals surface area (Å²) in [5, 5.41) is 3.01. The third kappa shape index (κ3) is 4.51. The van der Waals surface area contributed by atoms with Crippen LogP contribution in [0.2, 0.25) is 0 Å². The smallest absolute Gasteiger partial charge is 0.232 e. The van der Waals surface area contributed by atoms with E-state index in [2.05, 4.69) is 12.2 Å². The summed E-state index contributed by atoms with van der Waals surface area (Å²) in [6, 6.07) is 0.300. The number of nitrogens with zero attached hydrogens (tertiary/aromatic N) is 1. The first-order valence-electron chi connectivity index (χ1n) is 7.72. The molecule has 0 aromatic rings. The minimum absolute atomic E-state index is 0.000130. The number of piperidine rings is 1. The van der Waals surface area contributed by atoms with Gasteiger partial charge in [-0.15, -0.1) is 0 Å². The molecule has 19 heavy (non-hydrogen) atoms. The molecular weight excluding hydrogens is 240 g/mol. The maximum Gasteiger partial charge on any atom is 0.232 e. The van der Waals surface area contributed by atoms with Crippen LogP contribution in [-0.4, -0.2) is 35.8 Å². The van der Waals surface area contributed by atoms with Crippen molar-refractivity contribution >= 4 is 11.8 Å². The molecule has 0 radical (unpaired) electrons. The number of hydrogen-bond acceptors (Lipinski definition) is 2. The number of carbonyl (C=O) groups is 2. The van der Waals surface area contributed by atoms with E-state index in [-0.39, 0.29) is 18.2 Å². The molecule has 0 bridgehead atoms. The average molecular weight is 266 g/mol. The Morgan fingerprint density at radius 1 is 1.11 bits per heavy atom. The lowest BCUT2D eigenvalue weighted by Crippen LogP contribution is -2.43. The van der Waals surface area contributed by atoms with Gasteiger partial charge in [0.2, 0.25) is 11.8 Å². The van der Waals surface area contributed by atoms with Crippen LogP contribution in [0.1, 0.15) is 58.3 Å². The lowest BCUT2D eigenvalue weighted by Gasteiger charge is -2.31. The molecule has 1 aliphatic heterocycles. The van der Waals surface area contributed by atoms with Gasteiger partial charge in [-0.05, 0) is 31.6 Å². The van der Waals surface area contributed by atoms with E-state index in [1.54, 1.807) is 0 Å². The standard InChI is InChI=1S/C15H26N2O2/c1-12-6-5-9-17(11-12)15(19)10-14(18)16-13-7-3-2-4-8-13/h12-13H,2-11H2,1H3,(H,16,18). The van der Waals surface area contributed by atoms with Crippen LogP contribution in [0, 0.1) is 5.92 Å². The number of nitrogens with one attached hydrogen (secondary N) is 1. The molecule has 2 rings (SSSR count). The summed E-state index contributed by atoms with van der Waals surface area (Å²) in [5.74, 6) is 0.481. The van der Waals surface area contributed by atoms with Crippen molar-refractivity contribution in [3.8, 4) is 0 Å². The second-order valence-electron chi connectivity index (χ2n) is 6.17. The molecule has 2 fully saturated rings. The van der Waals surface area contributed by atoms with E-state index in [0.717, 1.165) is 32.4 Å². The molecule has 1 aliphatic carbocycles. The van der Waals surface area contributed by atoms with Gasteiger partial charge < -0.3 is 10.2 Å². The number of hydrogen-bond donors (Lipinski definition) is 1. The van der Waals surface area contributed by atoms with Gasteiger partial charge in [0, 0.05) is 19.1 Å². The predicted molar refractivity (Wildman–Crippen MR) is 74.6 cm³/mol. The van der Waals surface area contributed by atoms with Crippen LogP contribution in [0.3, 0.4) is 0 Å². The largest absolute Gasteiger partial charge is 0.353 e. The van der Waals surface area contributed by atoms with E-state index in [4.69, 9.17) is 0 Å². The maximum absolute atomic E-state index is 12.1. The Hall–Kier alpha value is -1.06. The first kappa shape index (κ1) is 14.4. The van der Waals surface area contributed by atoms with Gasteiger partial charge in [-0.3, -0.25) is 9.59 Å². The van der Waals surface area contributed by atoms with Gasteiger partial charge >= 0.3 is 0 Å². The van der Waals surface area contributed by atoms with Gasteiger partial charge in [0.15, 0.2) is 0 Å². The highest BCUT2D eigenvalue weighted by Crippen LogP contribution is 2.18. The molecule has 4 heteroatoms. The Morgan fingerprint density at radius 3 is 2.53 bits per heavy atom. The number of likely N-dealkylation sites (tertiary alicyclic amines) is 1. The fraction of sp³-hybridized carbons (Fsp3) is 0.867. The van der Waals surface area contributed by atoms with E-state index in [9.17, 15) is 9.59 Å². The fourth-order valence-corrected chi connectivity index (χ4v) is 3.19. The van der Waals surface area contributed by atoms with Crippen molar-refractivity contribution in [2.75, 3.05) is 13.1 Å². The van der Waals surface area contributed by atoms with Gasteiger partial charge in [0.05, 0.1) is 0 Å². The minimum atomic E-state index is -0.0878. The molecule has 0 aromatic heterocycles. The average Bonchev–Trinajstić information content (AvgIpc) is 2.39. The van der Waals surface area contributed by atoms with E-state index in [1.807, 2.05) is 4.90 Å². The topological polar surface area (TPSA) is 49.4 Å².